The molecule has 88 valence electrons. The van der Waals surface area contributed by atoms with E-state index in [0.29, 0.717) is 0 Å². The molecule has 0 aromatic heterocycles. The van der Waals surface area contributed by atoms with E-state index in [1.165, 1.54) is 6.92 Å². The summed E-state index contributed by atoms with van der Waals surface area (Å²) in [6.07, 6.45) is 0.116. The van der Waals surface area contributed by atoms with Crippen molar-refractivity contribution in [1.29, 1.82) is 0 Å². The highest BCUT2D eigenvalue weighted by atomic mass is 31.2. The van der Waals surface area contributed by atoms with Crippen molar-refractivity contribution in [2.45, 2.75) is 19.1 Å². The summed E-state index contributed by atoms with van der Waals surface area (Å²) in [6, 6.07) is 8.99. The predicted octanol–water partition coefficient (Wildman–Crippen LogP) is 0.869. The second kappa shape index (κ2) is 5.25. The number of amides is 1. The van der Waals surface area contributed by atoms with Crippen LogP contribution in [0.4, 0.5) is 0 Å². The summed E-state index contributed by atoms with van der Waals surface area (Å²) < 4.78 is 10.8. The van der Waals surface area contributed by atoms with Crippen LogP contribution in [0.2, 0.25) is 0 Å². The Labute approximate surface area is 93.7 Å². The topological polar surface area (TPSA) is 86.6 Å². The van der Waals surface area contributed by atoms with Crippen LogP contribution in [0.25, 0.3) is 0 Å². The highest BCUT2D eigenvalue weighted by Crippen LogP contribution is 2.38. The fourth-order valence-electron chi connectivity index (χ4n) is 1.15. The molecule has 1 unspecified atom stereocenters. The van der Waals surface area contributed by atoms with E-state index in [-0.39, 0.29) is 6.42 Å². The molecule has 1 aromatic carbocycles. The second-order valence-electron chi connectivity index (χ2n) is 3.49. The van der Waals surface area contributed by atoms with Gasteiger partial charge in [-0.1, -0.05) is 30.3 Å². The molecule has 6 heteroatoms. The van der Waals surface area contributed by atoms with E-state index in [0.717, 1.165) is 5.56 Å². The summed E-state index contributed by atoms with van der Waals surface area (Å²) in [5, 5.41) is 2.27. The zero-order chi connectivity index (χ0) is 12.2. The fourth-order valence-corrected chi connectivity index (χ4v) is 1.46. The third-order valence-electron chi connectivity index (χ3n) is 2.08. The number of carbonyl (C=O) groups is 1. The molecule has 16 heavy (non-hydrogen) atoms. The number of hydrogen-bond donors (Lipinski definition) is 3. The van der Waals surface area contributed by atoms with E-state index >= 15 is 0 Å². The minimum Gasteiger partial charge on any atom is -0.342 e. The van der Waals surface area contributed by atoms with Gasteiger partial charge in [0.15, 0.2) is 0 Å². The van der Waals surface area contributed by atoms with E-state index in [1.807, 2.05) is 6.07 Å². The van der Waals surface area contributed by atoms with Crippen LogP contribution in [-0.4, -0.2) is 21.5 Å². The van der Waals surface area contributed by atoms with Crippen LogP contribution < -0.4 is 5.32 Å². The molecular formula is C10H14NO4P. The Balaban J connectivity index is 2.52. The maximum atomic E-state index is 11.4. The molecule has 0 fully saturated rings. The second-order valence-corrected chi connectivity index (χ2v) is 5.45. The molecule has 3 N–H and O–H groups in total. The van der Waals surface area contributed by atoms with Crippen molar-refractivity contribution < 1.29 is 19.1 Å². The molecule has 0 saturated heterocycles. The molecule has 0 aliphatic rings. The Kier molecular flexibility index (Phi) is 4.24. The van der Waals surface area contributed by atoms with Crippen LogP contribution in [0.1, 0.15) is 12.5 Å². The van der Waals surface area contributed by atoms with Crippen molar-refractivity contribution in [1.82, 2.24) is 5.32 Å². The van der Waals surface area contributed by atoms with Gasteiger partial charge in [-0.05, 0) is 12.5 Å². The van der Waals surface area contributed by atoms with Crippen molar-refractivity contribution >= 4 is 13.5 Å². The Bertz CT molecular complexity index is 401. The molecule has 5 nitrogen and oxygen atoms in total. The largest absolute Gasteiger partial charge is 0.347 e. The molecule has 0 saturated carbocycles. The zero-order valence-corrected chi connectivity index (χ0v) is 9.72. The van der Waals surface area contributed by atoms with Crippen LogP contribution in [-0.2, 0) is 15.8 Å². The van der Waals surface area contributed by atoms with Crippen molar-refractivity contribution in [3.8, 4) is 0 Å². The first kappa shape index (κ1) is 12.9. The third-order valence-corrected chi connectivity index (χ3v) is 3.22. The summed E-state index contributed by atoms with van der Waals surface area (Å²) >= 11 is 0. The zero-order valence-electron chi connectivity index (χ0n) is 8.83. The van der Waals surface area contributed by atoms with Crippen LogP contribution in [0.3, 0.4) is 0 Å². The molecule has 0 aliphatic heterocycles. The smallest absolute Gasteiger partial charge is 0.342 e. The number of benzene rings is 1. The summed E-state index contributed by atoms with van der Waals surface area (Å²) in [5.41, 5.74) is 0.804. The maximum absolute atomic E-state index is 11.4. The minimum absolute atomic E-state index is 0.116. The summed E-state index contributed by atoms with van der Waals surface area (Å²) in [6.45, 7) is 1.28. The normalized spacial score (nSPS) is 13.2. The van der Waals surface area contributed by atoms with Gasteiger partial charge in [0.05, 0.1) is 6.42 Å². The lowest BCUT2D eigenvalue weighted by Crippen LogP contribution is -2.33. The van der Waals surface area contributed by atoms with Gasteiger partial charge in [0.1, 0.15) is 5.78 Å². The lowest BCUT2D eigenvalue weighted by molar-refractivity contribution is -0.120. The monoisotopic (exact) mass is 243 g/mol. The van der Waals surface area contributed by atoms with Crippen molar-refractivity contribution in [2.75, 3.05) is 0 Å². The van der Waals surface area contributed by atoms with Gasteiger partial charge in [-0.15, -0.1) is 0 Å². The Hall–Kier alpha value is -1.16. The molecule has 1 rings (SSSR count). The van der Waals surface area contributed by atoms with E-state index < -0.39 is 19.3 Å². The van der Waals surface area contributed by atoms with Crippen LogP contribution >= 0.6 is 7.60 Å². The van der Waals surface area contributed by atoms with Crippen LogP contribution in [0, 0.1) is 0 Å². The molecule has 1 aromatic rings. The summed E-state index contributed by atoms with van der Waals surface area (Å²) in [4.78, 5) is 29.0. The predicted molar refractivity (Wildman–Crippen MR) is 59.8 cm³/mol. The highest BCUT2D eigenvalue weighted by molar-refractivity contribution is 7.52. The van der Waals surface area contributed by atoms with Gasteiger partial charge in [-0.3, -0.25) is 9.36 Å². The molecule has 1 amide bonds. The molecule has 1 atom stereocenters. The van der Waals surface area contributed by atoms with E-state index in [1.54, 1.807) is 24.3 Å². The number of hydrogen-bond acceptors (Lipinski definition) is 2. The van der Waals surface area contributed by atoms with E-state index in [2.05, 4.69) is 5.32 Å². The van der Waals surface area contributed by atoms with Gasteiger partial charge >= 0.3 is 7.60 Å². The van der Waals surface area contributed by atoms with Gasteiger partial charge < -0.3 is 15.1 Å². The first-order valence-electron chi connectivity index (χ1n) is 4.78. The third kappa shape index (κ3) is 4.14. The molecular weight excluding hydrogens is 229 g/mol. The first-order valence-corrected chi connectivity index (χ1v) is 6.46. The van der Waals surface area contributed by atoms with Gasteiger partial charge in [0.25, 0.3) is 0 Å². The van der Waals surface area contributed by atoms with Crippen molar-refractivity contribution in [3.05, 3.63) is 35.9 Å². The maximum Gasteiger partial charge on any atom is 0.347 e. The minimum atomic E-state index is -4.25. The lowest BCUT2D eigenvalue weighted by Gasteiger charge is -2.15. The van der Waals surface area contributed by atoms with Gasteiger partial charge in [-0.2, -0.15) is 0 Å². The number of rotatable bonds is 4. The molecule has 0 heterocycles. The van der Waals surface area contributed by atoms with Crippen LogP contribution in [0.5, 0.6) is 0 Å². The molecule has 0 aliphatic carbocycles. The Morgan fingerprint density at radius 3 is 2.44 bits per heavy atom. The lowest BCUT2D eigenvalue weighted by atomic mass is 10.1. The fraction of sp³-hybridized carbons (Fsp3) is 0.300. The summed E-state index contributed by atoms with van der Waals surface area (Å²) in [7, 11) is -4.25. The standard InChI is InChI=1S/C10H14NO4P/c1-8(16(13,14)15)11-10(12)7-9-5-3-2-4-6-9/h2-6,8H,7H2,1H3,(H,11,12)(H2,13,14,15). The van der Waals surface area contributed by atoms with Gasteiger partial charge in [0.2, 0.25) is 5.91 Å². The van der Waals surface area contributed by atoms with Crippen molar-refractivity contribution in [2.24, 2.45) is 0 Å². The first-order chi connectivity index (χ1) is 7.39. The quantitative estimate of drug-likeness (QED) is 0.685. The van der Waals surface area contributed by atoms with Gasteiger partial charge in [-0.25, -0.2) is 0 Å². The molecule has 0 spiro atoms. The number of carbonyl (C=O) groups excluding carboxylic acids is 1. The average Bonchev–Trinajstić information content (AvgIpc) is 2.17. The molecule has 0 radical (unpaired) electrons. The van der Waals surface area contributed by atoms with E-state index in [4.69, 9.17) is 9.79 Å². The van der Waals surface area contributed by atoms with Crippen LogP contribution in [0.15, 0.2) is 30.3 Å². The summed E-state index contributed by atoms with van der Waals surface area (Å²) in [5.74, 6) is -1.55. The van der Waals surface area contributed by atoms with E-state index in [9.17, 15) is 9.36 Å². The Morgan fingerprint density at radius 2 is 1.94 bits per heavy atom. The SMILES string of the molecule is CC(NC(=O)Cc1ccccc1)P(=O)(O)O. The Morgan fingerprint density at radius 1 is 1.38 bits per heavy atom. The molecule has 0 bridgehead atoms. The van der Waals surface area contributed by atoms with Crippen molar-refractivity contribution in [3.63, 3.8) is 0 Å². The number of nitrogens with one attached hydrogen (secondary N) is 1. The average molecular weight is 243 g/mol. The highest BCUT2D eigenvalue weighted by Gasteiger charge is 2.25. The van der Waals surface area contributed by atoms with Gasteiger partial charge in [0, 0.05) is 0 Å².